The Morgan fingerprint density at radius 3 is 2.43 bits per heavy atom. The van der Waals surface area contributed by atoms with E-state index in [-0.39, 0.29) is 5.69 Å². The van der Waals surface area contributed by atoms with Crippen molar-refractivity contribution in [3.05, 3.63) is 114 Å². The van der Waals surface area contributed by atoms with Gasteiger partial charge in [-0.25, -0.2) is 14.8 Å². The molecule has 0 saturated carbocycles. The first-order valence-corrected chi connectivity index (χ1v) is 11.3. The molecule has 0 atom stereocenters. The molecule has 3 heterocycles. The van der Waals surface area contributed by atoms with Gasteiger partial charge in [0.1, 0.15) is 6.33 Å². The quantitative estimate of drug-likeness (QED) is 0.375. The second-order valence-electron chi connectivity index (χ2n) is 8.46. The van der Waals surface area contributed by atoms with Crippen LogP contribution in [0.1, 0.15) is 5.56 Å². The normalized spacial score (nSPS) is 11.3. The van der Waals surface area contributed by atoms with Crippen molar-refractivity contribution in [1.82, 2.24) is 28.7 Å². The van der Waals surface area contributed by atoms with Crippen LogP contribution in [0.25, 0.3) is 45.1 Å². The van der Waals surface area contributed by atoms with Gasteiger partial charge in [0, 0.05) is 30.6 Å². The summed E-state index contributed by atoms with van der Waals surface area (Å²) in [5, 5.41) is 0. The third-order valence-corrected chi connectivity index (χ3v) is 6.20. The summed E-state index contributed by atoms with van der Waals surface area (Å²) in [7, 11) is 1.80. The molecule has 0 aliphatic heterocycles. The minimum atomic E-state index is -0.0929. The SMILES string of the molecule is Cc1cccc(-c2ncn(-c3cnccn3)c2-c2ccc3c(c2)n(C)c(=O)n3-c2ccccc2)c1. The molecular formula is C28H22N6O. The Balaban J connectivity index is 1.61. The molecule has 35 heavy (non-hydrogen) atoms. The lowest BCUT2D eigenvalue weighted by Crippen LogP contribution is -2.20. The summed E-state index contributed by atoms with van der Waals surface area (Å²) in [5.41, 5.74) is 7.24. The van der Waals surface area contributed by atoms with E-state index in [1.54, 1.807) is 41.1 Å². The molecule has 6 rings (SSSR count). The Morgan fingerprint density at radius 1 is 0.800 bits per heavy atom. The van der Waals surface area contributed by atoms with E-state index in [1.807, 2.05) is 59.2 Å². The first kappa shape index (κ1) is 20.8. The van der Waals surface area contributed by atoms with E-state index in [2.05, 4.69) is 35.1 Å². The fraction of sp³-hybridized carbons (Fsp3) is 0.0714. The van der Waals surface area contributed by atoms with Crippen molar-refractivity contribution < 1.29 is 0 Å². The minimum Gasteiger partial charge on any atom is -0.295 e. The molecule has 3 aromatic heterocycles. The van der Waals surface area contributed by atoms with Crippen LogP contribution >= 0.6 is 0 Å². The van der Waals surface area contributed by atoms with Crippen LogP contribution in [0.15, 0.2) is 103 Å². The summed E-state index contributed by atoms with van der Waals surface area (Å²) in [6, 6.07) is 24.0. The number of para-hydroxylation sites is 1. The highest BCUT2D eigenvalue weighted by atomic mass is 16.1. The van der Waals surface area contributed by atoms with Crippen LogP contribution in [0.2, 0.25) is 0 Å². The topological polar surface area (TPSA) is 70.5 Å². The third kappa shape index (κ3) is 3.45. The summed E-state index contributed by atoms with van der Waals surface area (Å²) >= 11 is 0. The highest BCUT2D eigenvalue weighted by Crippen LogP contribution is 2.34. The summed E-state index contributed by atoms with van der Waals surface area (Å²) in [4.78, 5) is 26.7. The lowest BCUT2D eigenvalue weighted by atomic mass is 10.0. The highest BCUT2D eigenvalue weighted by Gasteiger charge is 2.20. The van der Waals surface area contributed by atoms with Gasteiger partial charge in [0.2, 0.25) is 0 Å². The molecular weight excluding hydrogens is 436 g/mol. The largest absolute Gasteiger partial charge is 0.333 e. The smallest absolute Gasteiger partial charge is 0.295 e. The average molecular weight is 459 g/mol. The number of aryl methyl sites for hydroxylation is 2. The van der Waals surface area contributed by atoms with E-state index < -0.39 is 0 Å². The maximum absolute atomic E-state index is 13.2. The zero-order valence-corrected chi connectivity index (χ0v) is 19.3. The molecule has 0 amide bonds. The lowest BCUT2D eigenvalue weighted by Gasteiger charge is -2.11. The van der Waals surface area contributed by atoms with Crippen LogP contribution in [-0.2, 0) is 7.05 Å². The molecule has 3 aromatic carbocycles. The predicted molar refractivity (Wildman–Crippen MR) is 137 cm³/mol. The molecule has 170 valence electrons. The number of aromatic nitrogens is 6. The zero-order chi connectivity index (χ0) is 23.9. The monoisotopic (exact) mass is 458 g/mol. The van der Waals surface area contributed by atoms with Gasteiger partial charge in [-0.2, -0.15) is 0 Å². The van der Waals surface area contributed by atoms with Gasteiger partial charge in [0.15, 0.2) is 5.82 Å². The van der Waals surface area contributed by atoms with Crippen LogP contribution in [0.4, 0.5) is 0 Å². The zero-order valence-electron chi connectivity index (χ0n) is 19.3. The van der Waals surface area contributed by atoms with Gasteiger partial charge in [-0.15, -0.1) is 0 Å². The van der Waals surface area contributed by atoms with Crippen LogP contribution in [-0.4, -0.2) is 28.7 Å². The number of fused-ring (bicyclic) bond motifs is 1. The van der Waals surface area contributed by atoms with Crippen molar-refractivity contribution in [3.8, 4) is 34.0 Å². The molecule has 0 fully saturated rings. The Morgan fingerprint density at radius 2 is 1.66 bits per heavy atom. The van der Waals surface area contributed by atoms with Crippen LogP contribution in [0.5, 0.6) is 0 Å². The Bertz CT molecular complexity index is 1730. The van der Waals surface area contributed by atoms with Crippen LogP contribution in [0, 0.1) is 6.92 Å². The molecule has 7 nitrogen and oxygen atoms in total. The second kappa shape index (κ2) is 8.22. The number of hydrogen-bond acceptors (Lipinski definition) is 4. The van der Waals surface area contributed by atoms with E-state index in [1.165, 1.54) is 0 Å². The second-order valence-corrected chi connectivity index (χ2v) is 8.46. The summed E-state index contributed by atoms with van der Waals surface area (Å²) in [6.07, 6.45) is 6.80. The van der Waals surface area contributed by atoms with E-state index in [9.17, 15) is 4.79 Å². The van der Waals surface area contributed by atoms with Crippen molar-refractivity contribution in [2.24, 2.45) is 7.05 Å². The number of nitrogens with zero attached hydrogens (tertiary/aromatic N) is 6. The van der Waals surface area contributed by atoms with Crippen molar-refractivity contribution >= 4 is 11.0 Å². The molecule has 0 spiro atoms. The number of hydrogen-bond donors (Lipinski definition) is 0. The molecule has 0 radical (unpaired) electrons. The molecule has 6 aromatic rings. The average Bonchev–Trinajstić information content (AvgIpc) is 3.44. The molecule has 0 aliphatic carbocycles. The van der Waals surface area contributed by atoms with Crippen LogP contribution < -0.4 is 5.69 Å². The van der Waals surface area contributed by atoms with E-state index in [4.69, 9.17) is 4.98 Å². The predicted octanol–water partition coefficient (Wildman–Crippen LogP) is 4.95. The standard InChI is InChI=1S/C28H22N6O/c1-19-7-6-8-20(15-19)26-27(33(18-31-26)25-17-29-13-14-30-25)21-11-12-23-24(16-21)32(2)28(35)34(23)22-9-4-3-5-10-22/h3-18H,1-2H3. The number of benzene rings is 3. The first-order valence-electron chi connectivity index (χ1n) is 11.3. The van der Waals surface area contributed by atoms with Gasteiger partial charge >= 0.3 is 5.69 Å². The maximum Gasteiger partial charge on any atom is 0.333 e. The van der Waals surface area contributed by atoms with Gasteiger partial charge in [-0.3, -0.25) is 18.7 Å². The minimum absolute atomic E-state index is 0.0929. The van der Waals surface area contributed by atoms with E-state index in [0.29, 0.717) is 5.82 Å². The molecule has 0 aliphatic rings. The van der Waals surface area contributed by atoms with Crippen molar-refractivity contribution in [2.45, 2.75) is 6.92 Å². The summed E-state index contributed by atoms with van der Waals surface area (Å²) < 4.78 is 5.36. The van der Waals surface area contributed by atoms with Gasteiger partial charge in [-0.1, -0.05) is 48.0 Å². The van der Waals surface area contributed by atoms with Gasteiger partial charge in [0.05, 0.1) is 34.3 Å². The first-order chi connectivity index (χ1) is 17.1. The van der Waals surface area contributed by atoms with Crippen molar-refractivity contribution in [1.29, 1.82) is 0 Å². The maximum atomic E-state index is 13.2. The Labute approximate surface area is 201 Å². The number of imidazole rings is 2. The molecule has 0 N–H and O–H groups in total. The lowest BCUT2D eigenvalue weighted by molar-refractivity contribution is 0.846. The summed E-state index contributed by atoms with van der Waals surface area (Å²) in [6.45, 7) is 2.07. The number of rotatable bonds is 4. The molecule has 0 saturated heterocycles. The summed E-state index contributed by atoms with van der Waals surface area (Å²) in [5.74, 6) is 0.671. The fourth-order valence-electron chi connectivity index (χ4n) is 4.53. The van der Waals surface area contributed by atoms with Crippen molar-refractivity contribution in [3.63, 3.8) is 0 Å². The van der Waals surface area contributed by atoms with Gasteiger partial charge in [-0.05, 0) is 37.3 Å². The molecule has 0 unspecified atom stereocenters. The van der Waals surface area contributed by atoms with Crippen molar-refractivity contribution in [2.75, 3.05) is 0 Å². The van der Waals surface area contributed by atoms with E-state index in [0.717, 1.165) is 44.8 Å². The Hall–Kier alpha value is -4.78. The van der Waals surface area contributed by atoms with Crippen LogP contribution in [0.3, 0.4) is 0 Å². The highest BCUT2D eigenvalue weighted by molar-refractivity contribution is 5.87. The third-order valence-electron chi connectivity index (χ3n) is 6.20. The van der Waals surface area contributed by atoms with Gasteiger partial charge in [0.25, 0.3) is 0 Å². The van der Waals surface area contributed by atoms with E-state index >= 15 is 0 Å². The fourth-order valence-corrected chi connectivity index (χ4v) is 4.53. The van der Waals surface area contributed by atoms with Gasteiger partial charge < -0.3 is 0 Å². The molecule has 7 heteroatoms. The molecule has 0 bridgehead atoms. The Kier molecular flexibility index (Phi) is 4.88.